The van der Waals surface area contributed by atoms with Gasteiger partial charge in [0.2, 0.25) is 10.0 Å². The van der Waals surface area contributed by atoms with Crippen molar-refractivity contribution in [1.29, 1.82) is 0 Å². The average Bonchev–Trinajstić information content (AvgIpc) is 2.67. The first-order valence-corrected chi connectivity index (χ1v) is 10.4. The Morgan fingerprint density at radius 2 is 1.68 bits per heavy atom. The van der Waals surface area contributed by atoms with Crippen molar-refractivity contribution in [2.24, 2.45) is 0 Å². The molecule has 2 aromatic carbocycles. The second-order valence-electron chi connectivity index (χ2n) is 6.11. The number of nitrogens with zero attached hydrogens (tertiary/aromatic N) is 1. The summed E-state index contributed by atoms with van der Waals surface area (Å²) in [6.45, 7) is 5.65. The molecule has 0 unspecified atom stereocenters. The number of hydrogen-bond acceptors (Lipinski definition) is 5. The molecule has 8 heteroatoms. The van der Waals surface area contributed by atoms with Crippen molar-refractivity contribution in [3.63, 3.8) is 0 Å². The molecule has 2 rings (SSSR count). The van der Waals surface area contributed by atoms with Crippen LogP contribution in [-0.2, 0) is 19.6 Å². The molecule has 150 valence electrons. The third kappa shape index (κ3) is 5.40. The molecule has 0 saturated carbocycles. The van der Waals surface area contributed by atoms with Gasteiger partial charge in [0.15, 0.2) is 6.61 Å². The summed E-state index contributed by atoms with van der Waals surface area (Å²) in [4.78, 5) is 24.1. The minimum Gasteiger partial charge on any atom is -0.452 e. The molecule has 0 aliphatic carbocycles. The highest BCUT2D eigenvalue weighted by molar-refractivity contribution is 7.89. The van der Waals surface area contributed by atoms with Crippen LogP contribution in [0.3, 0.4) is 0 Å². The van der Waals surface area contributed by atoms with Crippen LogP contribution in [0.15, 0.2) is 53.4 Å². The van der Waals surface area contributed by atoms with E-state index in [2.05, 4.69) is 5.32 Å². The molecule has 0 aliphatic heterocycles. The Hall–Kier alpha value is -2.71. The summed E-state index contributed by atoms with van der Waals surface area (Å²) in [5.74, 6) is -1.16. The number of carbonyl (C=O) groups excluding carboxylic acids is 2. The largest absolute Gasteiger partial charge is 0.452 e. The highest BCUT2D eigenvalue weighted by Gasteiger charge is 2.22. The molecule has 0 spiro atoms. The predicted molar refractivity (Wildman–Crippen MR) is 107 cm³/mol. The maximum absolute atomic E-state index is 12.6. The maximum atomic E-state index is 12.6. The number of rotatable bonds is 8. The van der Waals surface area contributed by atoms with Crippen molar-refractivity contribution in [3.8, 4) is 0 Å². The smallest absolute Gasteiger partial charge is 0.338 e. The van der Waals surface area contributed by atoms with Crippen molar-refractivity contribution in [3.05, 3.63) is 59.7 Å². The van der Waals surface area contributed by atoms with Gasteiger partial charge in [0.25, 0.3) is 5.91 Å². The normalized spacial score (nSPS) is 11.3. The van der Waals surface area contributed by atoms with Crippen LogP contribution in [0.25, 0.3) is 0 Å². The van der Waals surface area contributed by atoms with Crippen LogP contribution >= 0.6 is 0 Å². The van der Waals surface area contributed by atoms with E-state index in [0.29, 0.717) is 24.3 Å². The molecule has 2 aromatic rings. The minimum absolute atomic E-state index is 0.0886. The van der Waals surface area contributed by atoms with Crippen LogP contribution in [0, 0.1) is 6.92 Å². The molecule has 0 aliphatic rings. The van der Waals surface area contributed by atoms with Gasteiger partial charge in [-0.15, -0.1) is 0 Å². The zero-order chi connectivity index (χ0) is 20.7. The second-order valence-corrected chi connectivity index (χ2v) is 8.05. The lowest BCUT2D eigenvalue weighted by molar-refractivity contribution is -0.119. The fraction of sp³-hybridized carbons (Fsp3) is 0.300. The Kier molecular flexibility index (Phi) is 7.31. The van der Waals surface area contributed by atoms with Gasteiger partial charge in [0.05, 0.1) is 10.5 Å². The lowest BCUT2D eigenvalue weighted by atomic mass is 10.1. The molecular formula is C20H24N2O5S. The monoisotopic (exact) mass is 404 g/mol. The van der Waals surface area contributed by atoms with Gasteiger partial charge in [-0.1, -0.05) is 37.6 Å². The van der Waals surface area contributed by atoms with Crippen LogP contribution < -0.4 is 5.32 Å². The Labute approximate surface area is 165 Å². The molecule has 0 aromatic heterocycles. The number of esters is 1. The Morgan fingerprint density at radius 1 is 1.04 bits per heavy atom. The van der Waals surface area contributed by atoms with E-state index in [-0.39, 0.29) is 4.90 Å². The molecule has 0 heterocycles. The maximum Gasteiger partial charge on any atom is 0.338 e. The van der Waals surface area contributed by atoms with Crippen molar-refractivity contribution < 1.29 is 22.7 Å². The average molecular weight is 404 g/mol. The fourth-order valence-corrected chi connectivity index (χ4v) is 4.05. The van der Waals surface area contributed by atoms with Gasteiger partial charge in [-0.25, -0.2) is 13.2 Å². The SMILES string of the molecule is CCN(CC)S(=O)(=O)c1cccc(NC(=O)COC(=O)c2ccc(C)cc2)c1. The molecule has 0 fully saturated rings. The lowest BCUT2D eigenvalue weighted by Crippen LogP contribution is -2.30. The highest BCUT2D eigenvalue weighted by atomic mass is 32.2. The van der Waals surface area contributed by atoms with E-state index >= 15 is 0 Å². The third-order valence-corrected chi connectivity index (χ3v) is 6.13. The predicted octanol–water partition coefficient (Wildman–Crippen LogP) is 2.82. The zero-order valence-electron chi connectivity index (χ0n) is 16.1. The van der Waals surface area contributed by atoms with E-state index in [1.807, 2.05) is 6.92 Å². The lowest BCUT2D eigenvalue weighted by Gasteiger charge is -2.18. The van der Waals surface area contributed by atoms with Crippen LogP contribution in [0.2, 0.25) is 0 Å². The van der Waals surface area contributed by atoms with Crippen molar-refractivity contribution in [1.82, 2.24) is 4.31 Å². The van der Waals surface area contributed by atoms with Crippen molar-refractivity contribution >= 4 is 27.6 Å². The summed E-state index contributed by atoms with van der Waals surface area (Å²) in [5.41, 5.74) is 1.67. The Bertz CT molecular complexity index is 935. The number of nitrogens with one attached hydrogen (secondary N) is 1. The van der Waals surface area contributed by atoms with Gasteiger partial charge in [-0.2, -0.15) is 4.31 Å². The van der Waals surface area contributed by atoms with E-state index in [4.69, 9.17) is 4.74 Å². The number of aryl methyl sites for hydroxylation is 1. The molecule has 1 amide bonds. The molecule has 28 heavy (non-hydrogen) atoms. The van der Waals surface area contributed by atoms with E-state index in [1.54, 1.807) is 50.2 Å². The third-order valence-electron chi connectivity index (χ3n) is 4.08. The van der Waals surface area contributed by atoms with Crippen LogP contribution in [-0.4, -0.2) is 44.3 Å². The van der Waals surface area contributed by atoms with Gasteiger partial charge in [0, 0.05) is 18.8 Å². The first-order chi connectivity index (χ1) is 13.3. The number of ether oxygens (including phenoxy) is 1. The number of anilines is 1. The fourth-order valence-electron chi connectivity index (χ4n) is 2.55. The van der Waals surface area contributed by atoms with Gasteiger partial charge >= 0.3 is 5.97 Å². The number of benzene rings is 2. The van der Waals surface area contributed by atoms with E-state index < -0.39 is 28.5 Å². The number of amides is 1. The van der Waals surface area contributed by atoms with E-state index in [0.717, 1.165) is 5.56 Å². The van der Waals surface area contributed by atoms with Crippen LogP contribution in [0.5, 0.6) is 0 Å². The molecule has 1 N–H and O–H groups in total. The van der Waals surface area contributed by atoms with Crippen molar-refractivity contribution in [2.45, 2.75) is 25.7 Å². The Morgan fingerprint density at radius 3 is 2.29 bits per heavy atom. The minimum atomic E-state index is -3.63. The summed E-state index contributed by atoms with van der Waals surface area (Å²) in [6, 6.07) is 12.8. The Balaban J connectivity index is 2.01. The summed E-state index contributed by atoms with van der Waals surface area (Å²) < 4.78 is 31.5. The quantitative estimate of drug-likeness (QED) is 0.683. The number of sulfonamides is 1. The van der Waals surface area contributed by atoms with Crippen LogP contribution in [0.4, 0.5) is 5.69 Å². The molecule has 0 saturated heterocycles. The van der Waals surface area contributed by atoms with Crippen LogP contribution in [0.1, 0.15) is 29.8 Å². The molecule has 7 nitrogen and oxygen atoms in total. The second kappa shape index (κ2) is 9.48. The molecule has 0 bridgehead atoms. The molecule has 0 radical (unpaired) electrons. The zero-order valence-corrected chi connectivity index (χ0v) is 17.0. The summed E-state index contributed by atoms with van der Waals surface area (Å²) in [6.07, 6.45) is 0. The van der Waals surface area contributed by atoms with Gasteiger partial charge in [-0.05, 0) is 37.3 Å². The van der Waals surface area contributed by atoms with Gasteiger partial charge < -0.3 is 10.1 Å². The molecule has 0 atom stereocenters. The first kappa shape index (κ1) is 21.6. The molecular weight excluding hydrogens is 380 g/mol. The summed E-state index contributed by atoms with van der Waals surface area (Å²) in [7, 11) is -3.63. The topological polar surface area (TPSA) is 92.8 Å². The highest BCUT2D eigenvalue weighted by Crippen LogP contribution is 2.19. The number of hydrogen-bond donors (Lipinski definition) is 1. The summed E-state index contributed by atoms with van der Waals surface area (Å²) in [5, 5.41) is 2.55. The first-order valence-electron chi connectivity index (χ1n) is 8.91. The summed E-state index contributed by atoms with van der Waals surface area (Å²) >= 11 is 0. The number of carbonyl (C=O) groups is 2. The van der Waals surface area contributed by atoms with E-state index in [9.17, 15) is 18.0 Å². The van der Waals surface area contributed by atoms with Gasteiger partial charge in [-0.3, -0.25) is 4.79 Å². The van der Waals surface area contributed by atoms with Gasteiger partial charge in [0.1, 0.15) is 0 Å². The van der Waals surface area contributed by atoms with Crippen molar-refractivity contribution in [2.75, 3.05) is 25.0 Å². The standard InChI is InChI=1S/C20H24N2O5S/c1-4-22(5-2)28(25,26)18-8-6-7-17(13-18)21-19(23)14-27-20(24)16-11-9-15(3)10-12-16/h6-13H,4-5,14H2,1-3H3,(H,21,23). The van der Waals surface area contributed by atoms with E-state index in [1.165, 1.54) is 16.4 Å².